The summed E-state index contributed by atoms with van der Waals surface area (Å²) in [5.41, 5.74) is 1.58. The summed E-state index contributed by atoms with van der Waals surface area (Å²) in [6.07, 6.45) is 0. The zero-order valence-electron chi connectivity index (χ0n) is 9.54. The van der Waals surface area contributed by atoms with Gasteiger partial charge in [0.25, 0.3) is 5.56 Å². The van der Waals surface area contributed by atoms with Crippen molar-refractivity contribution >= 4 is 39.3 Å². The maximum atomic E-state index is 11.3. The fourth-order valence-electron chi connectivity index (χ4n) is 1.43. The molecule has 0 aliphatic heterocycles. The van der Waals surface area contributed by atoms with Crippen molar-refractivity contribution in [2.45, 2.75) is 17.8 Å². The van der Waals surface area contributed by atoms with E-state index in [1.165, 1.54) is 17.8 Å². The number of aromatic amines is 1. The van der Waals surface area contributed by atoms with Crippen LogP contribution in [0.4, 0.5) is 0 Å². The van der Waals surface area contributed by atoms with Crippen molar-refractivity contribution in [3.05, 3.63) is 55.4 Å². The summed E-state index contributed by atoms with van der Waals surface area (Å²) in [6.45, 7) is 1.80. The van der Waals surface area contributed by atoms with Crippen molar-refractivity contribution in [3.8, 4) is 0 Å². The number of rotatable bonds is 3. The van der Waals surface area contributed by atoms with Gasteiger partial charge in [-0.3, -0.25) is 4.79 Å². The lowest BCUT2D eigenvalue weighted by molar-refractivity contribution is 0.905. The first-order valence-electron chi connectivity index (χ1n) is 5.20. The molecule has 1 N–H and O–H groups in total. The fourth-order valence-corrected chi connectivity index (χ4v) is 3.02. The summed E-state index contributed by atoms with van der Waals surface area (Å²) in [5.74, 6) is 0.657. The summed E-state index contributed by atoms with van der Waals surface area (Å²) < 4.78 is 0.868. The van der Waals surface area contributed by atoms with Crippen molar-refractivity contribution in [2.75, 3.05) is 0 Å². The van der Waals surface area contributed by atoms with Crippen molar-refractivity contribution in [2.24, 2.45) is 0 Å². The molecule has 0 amide bonds. The zero-order valence-corrected chi connectivity index (χ0v) is 12.7. The highest BCUT2D eigenvalue weighted by atomic mass is 79.9. The third kappa shape index (κ3) is 3.37. The molecule has 3 nitrogen and oxygen atoms in total. The Bertz CT molecular complexity index is 630. The second kappa shape index (κ2) is 5.91. The topological polar surface area (TPSA) is 45.8 Å². The number of aryl methyl sites for hydroxylation is 1. The van der Waals surface area contributed by atoms with Crippen LogP contribution in [-0.4, -0.2) is 9.97 Å². The first-order valence-corrected chi connectivity index (χ1v) is 7.35. The molecule has 1 aromatic carbocycles. The van der Waals surface area contributed by atoms with Gasteiger partial charge in [-0.05, 0) is 34.5 Å². The zero-order chi connectivity index (χ0) is 13.1. The van der Waals surface area contributed by atoms with E-state index in [1.807, 2.05) is 18.2 Å². The predicted octanol–water partition coefficient (Wildman–Crippen LogP) is 3.79. The number of hydrogen-bond donors (Lipinski definition) is 1. The summed E-state index contributed by atoms with van der Waals surface area (Å²) in [4.78, 5) is 18.2. The minimum absolute atomic E-state index is 0.134. The number of aromatic nitrogens is 2. The van der Waals surface area contributed by atoms with Gasteiger partial charge in [0.05, 0.1) is 5.02 Å². The molecule has 0 fully saturated rings. The highest BCUT2D eigenvalue weighted by Gasteiger charge is 2.06. The van der Waals surface area contributed by atoms with Gasteiger partial charge in [0.2, 0.25) is 0 Å². The molecule has 6 heteroatoms. The molecule has 2 aromatic rings. The molecule has 2 rings (SSSR count). The second-order valence-corrected chi connectivity index (χ2v) is 5.89. The van der Waals surface area contributed by atoms with E-state index < -0.39 is 0 Å². The summed E-state index contributed by atoms with van der Waals surface area (Å²) >= 11 is 11.0. The van der Waals surface area contributed by atoms with E-state index in [0.29, 0.717) is 21.6 Å². The fraction of sp³-hybridized carbons (Fsp3) is 0.167. The quantitative estimate of drug-likeness (QED) is 0.680. The number of H-pyrrole nitrogens is 1. The van der Waals surface area contributed by atoms with Gasteiger partial charge in [-0.2, -0.15) is 0 Å². The number of halogens is 2. The normalized spacial score (nSPS) is 10.6. The Morgan fingerprint density at radius 3 is 3.00 bits per heavy atom. The molecule has 0 atom stereocenters. The highest BCUT2D eigenvalue weighted by Crippen LogP contribution is 2.29. The lowest BCUT2D eigenvalue weighted by atomic mass is 10.2. The van der Waals surface area contributed by atoms with Crippen LogP contribution in [0.3, 0.4) is 0 Å². The SMILES string of the molecule is Cc1cc(=O)[nH]c(SCc2cccc(Br)c2Cl)n1. The second-order valence-electron chi connectivity index (χ2n) is 3.69. The molecule has 18 heavy (non-hydrogen) atoms. The molecule has 0 spiro atoms. The molecule has 1 aromatic heterocycles. The molecule has 1 heterocycles. The molecule has 94 valence electrons. The van der Waals surface area contributed by atoms with Crippen LogP contribution < -0.4 is 5.56 Å². The Labute approximate surface area is 122 Å². The molecule has 0 aliphatic carbocycles. The number of thioether (sulfide) groups is 1. The summed E-state index contributed by atoms with van der Waals surface area (Å²) in [7, 11) is 0. The van der Waals surface area contributed by atoms with Gasteiger partial charge in [-0.15, -0.1) is 0 Å². The Balaban J connectivity index is 2.16. The van der Waals surface area contributed by atoms with E-state index in [-0.39, 0.29) is 5.56 Å². The maximum Gasteiger partial charge on any atom is 0.251 e. The van der Waals surface area contributed by atoms with Gasteiger partial charge >= 0.3 is 0 Å². The van der Waals surface area contributed by atoms with Crippen molar-refractivity contribution in [1.29, 1.82) is 0 Å². The number of benzene rings is 1. The van der Waals surface area contributed by atoms with Crippen molar-refractivity contribution in [3.63, 3.8) is 0 Å². The van der Waals surface area contributed by atoms with Crippen molar-refractivity contribution in [1.82, 2.24) is 9.97 Å². The maximum absolute atomic E-state index is 11.3. The summed E-state index contributed by atoms with van der Waals surface area (Å²) in [5, 5.41) is 1.30. The van der Waals surface area contributed by atoms with E-state index in [2.05, 4.69) is 25.9 Å². The van der Waals surface area contributed by atoms with E-state index >= 15 is 0 Å². The van der Waals surface area contributed by atoms with E-state index in [4.69, 9.17) is 11.6 Å². The Morgan fingerprint density at radius 1 is 1.50 bits per heavy atom. The predicted molar refractivity (Wildman–Crippen MR) is 78.3 cm³/mol. The minimum atomic E-state index is -0.134. The molecule has 0 radical (unpaired) electrons. The monoisotopic (exact) mass is 344 g/mol. The lowest BCUT2D eigenvalue weighted by Gasteiger charge is -2.05. The van der Waals surface area contributed by atoms with Crippen LogP contribution >= 0.6 is 39.3 Å². The van der Waals surface area contributed by atoms with E-state index in [0.717, 1.165) is 10.0 Å². The van der Waals surface area contributed by atoms with Gasteiger partial charge in [-0.1, -0.05) is 35.5 Å². The lowest BCUT2D eigenvalue weighted by Crippen LogP contribution is -2.08. The molecular formula is C12H10BrClN2OS. The van der Waals surface area contributed by atoms with Crippen LogP contribution in [0.2, 0.25) is 5.02 Å². The first-order chi connectivity index (χ1) is 8.56. The van der Waals surface area contributed by atoms with Gasteiger partial charge in [0.1, 0.15) is 0 Å². The van der Waals surface area contributed by atoms with Crippen LogP contribution in [0.15, 0.2) is 38.7 Å². The molecule has 0 bridgehead atoms. The number of nitrogens with zero attached hydrogens (tertiary/aromatic N) is 1. The van der Waals surface area contributed by atoms with Gasteiger partial charge in [0, 0.05) is 22.0 Å². The van der Waals surface area contributed by atoms with Gasteiger partial charge < -0.3 is 4.98 Å². The van der Waals surface area contributed by atoms with Crippen LogP contribution in [0.25, 0.3) is 0 Å². The Morgan fingerprint density at radius 2 is 2.28 bits per heavy atom. The third-order valence-corrected chi connectivity index (χ3v) is 4.50. The van der Waals surface area contributed by atoms with Gasteiger partial charge in [0.15, 0.2) is 5.16 Å². The number of hydrogen-bond acceptors (Lipinski definition) is 3. The minimum Gasteiger partial charge on any atom is -0.301 e. The average molecular weight is 346 g/mol. The van der Waals surface area contributed by atoms with Crippen LogP contribution in [-0.2, 0) is 5.75 Å². The van der Waals surface area contributed by atoms with Crippen LogP contribution in [0, 0.1) is 6.92 Å². The van der Waals surface area contributed by atoms with E-state index in [9.17, 15) is 4.79 Å². The smallest absolute Gasteiger partial charge is 0.251 e. The molecular weight excluding hydrogens is 336 g/mol. The largest absolute Gasteiger partial charge is 0.301 e. The number of nitrogens with one attached hydrogen (secondary N) is 1. The average Bonchev–Trinajstić information content (AvgIpc) is 2.30. The van der Waals surface area contributed by atoms with Crippen LogP contribution in [0.1, 0.15) is 11.3 Å². The summed E-state index contributed by atoms with van der Waals surface area (Å²) in [6, 6.07) is 7.24. The third-order valence-electron chi connectivity index (χ3n) is 2.24. The Hall–Kier alpha value is -0.780. The van der Waals surface area contributed by atoms with E-state index in [1.54, 1.807) is 6.92 Å². The first kappa shape index (κ1) is 13.6. The molecule has 0 saturated carbocycles. The van der Waals surface area contributed by atoms with Crippen LogP contribution in [0.5, 0.6) is 0 Å². The standard InChI is InChI=1S/C12H10BrClN2OS/c1-7-5-10(17)16-12(15-7)18-6-8-3-2-4-9(13)11(8)14/h2-5H,6H2,1H3,(H,15,16,17). The molecule has 0 saturated heterocycles. The Kier molecular flexibility index (Phi) is 4.48. The van der Waals surface area contributed by atoms with Gasteiger partial charge in [-0.25, -0.2) is 4.98 Å². The molecule has 0 aliphatic rings. The van der Waals surface area contributed by atoms with Crippen molar-refractivity contribution < 1.29 is 0 Å². The highest BCUT2D eigenvalue weighted by molar-refractivity contribution is 9.10. The molecule has 0 unspecified atom stereocenters.